The topological polar surface area (TPSA) is 26.3 Å². The van der Waals surface area contributed by atoms with Crippen molar-refractivity contribution in [3.8, 4) is 0 Å². The summed E-state index contributed by atoms with van der Waals surface area (Å²) in [6.07, 6.45) is 3.45. The molecule has 1 fully saturated rings. The van der Waals surface area contributed by atoms with Gasteiger partial charge in [0.25, 0.3) is 0 Å². The average molecular weight is 247 g/mol. The molecule has 3 heteroatoms. The van der Waals surface area contributed by atoms with Crippen LogP contribution in [-0.4, -0.2) is 17.5 Å². The molecular formula is C13H23ClO2. The molecule has 1 rings (SSSR count). The maximum Gasteiger partial charge on any atom is 0.324 e. The number of alkyl halides is 1. The monoisotopic (exact) mass is 246 g/mol. The second-order valence-corrected chi connectivity index (χ2v) is 6.07. The zero-order valence-electron chi connectivity index (χ0n) is 10.7. The van der Waals surface area contributed by atoms with Gasteiger partial charge in [-0.25, -0.2) is 0 Å². The Labute approximate surface area is 104 Å². The van der Waals surface area contributed by atoms with E-state index in [4.69, 9.17) is 16.3 Å². The summed E-state index contributed by atoms with van der Waals surface area (Å²) in [6.45, 7) is 8.29. The molecule has 1 aliphatic rings. The first-order valence-electron chi connectivity index (χ1n) is 6.26. The van der Waals surface area contributed by atoms with Crippen molar-refractivity contribution in [3.63, 3.8) is 0 Å². The van der Waals surface area contributed by atoms with Crippen LogP contribution in [0.1, 0.15) is 47.0 Å². The highest BCUT2D eigenvalue weighted by Gasteiger charge is 2.33. The van der Waals surface area contributed by atoms with Gasteiger partial charge >= 0.3 is 5.97 Å². The summed E-state index contributed by atoms with van der Waals surface area (Å²) >= 11 is 5.74. The van der Waals surface area contributed by atoms with Crippen LogP contribution < -0.4 is 0 Å². The molecule has 0 aliphatic heterocycles. The Bertz CT molecular complexity index is 238. The van der Waals surface area contributed by atoms with Crippen molar-refractivity contribution in [2.75, 3.05) is 0 Å². The quantitative estimate of drug-likeness (QED) is 0.562. The highest BCUT2D eigenvalue weighted by molar-refractivity contribution is 6.29. The fourth-order valence-corrected chi connectivity index (χ4v) is 2.54. The molecule has 0 radical (unpaired) electrons. The molecule has 0 N–H and O–H groups in total. The van der Waals surface area contributed by atoms with E-state index in [1.165, 1.54) is 6.42 Å². The summed E-state index contributed by atoms with van der Waals surface area (Å²) in [4.78, 5) is 11.5. The molecule has 0 aromatic rings. The summed E-state index contributed by atoms with van der Waals surface area (Å²) in [7, 11) is 0. The second-order valence-electron chi connectivity index (χ2n) is 5.42. The fraction of sp³-hybridized carbons (Fsp3) is 0.923. The lowest BCUT2D eigenvalue weighted by Crippen LogP contribution is -2.37. The number of ether oxygens (including phenoxy) is 1. The van der Waals surface area contributed by atoms with Crippen LogP contribution in [0.25, 0.3) is 0 Å². The first-order valence-corrected chi connectivity index (χ1v) is 6.70. The lowest BCUT2D eigenvalue weighted by Gasteiger charge is -2.36. The van der Waals surface area contributed by atoms with Gasteiger partial charge < -0.3 is 4.74 Å². The third kappa shape index (κ3) is 3.65. The normalized spacial score (nSPS) is 32.5. The molecule has 1 saturated carbocycles. The summed E-state index contributed by atoms with van der Waals surface area (Å²) in [6, 6.07) is 0. The van der Waals surface area contributed by atoms with E-state index in [-0.39, 0.29) is 12.1 Å². The van der Waals surface area contributed by atoms with Crippen molar-refractivity contribution in [2.45, 2.75) is 58.4 Å². The minimum Gasteiger partial charge on any atom is -0.461 e. The molecule has 0 saturated heterocycles. The number of carbonyl (C=O) groups excluding carboxylic acids is 1. The van der Waals surface area contributed by atoms with Crippen molar-refractivity contribution in [2.24, 2.45) is 17.8 Å². The maximum atomic E-state index is 11.5. The van der Waals surface area contributed by atoms with Crippen molar-refractivity contribution in [3.05, 3.63) is 0 Å². The third-order valence-corrected chi connectivity index (χ3v) is 3.73. The van der Waals surface area contributed by atoms with Gasteiger partial charge in [0.15, 0.2) is 0 Å². The number of rotatable bonds is 3. The van der Waals surface area contributed by atoms with Crippen LogP contribution in [-0.2, 0) is 9.53 Å². The maximum absolute atomic E-state index is 11.5. The number of esters is 1. The number of hydrogen-bond donors (Lipinski definition) is 0. The van der Waals surface area contributed by atoms with Crippen LogP contribution in [0.3, 0.4) is 0 Å². The van der Waals surface area contributed by atoms with Crippen molar-refractivity contribution in [1.82, 2.24) is 0 Å². The van der Waals surface area contributed by atoms with Gasteiger partial charge in [0.1, 0.15) is 11.5 Å². The molecule has 94 valence electrons. The van der Waals surface area contributed by atoms with Crippen LogP contribution in [0.15, 0.2) is 0 Å². The summed E-state index contributed by atoms with van der Waals surface area (Å²) in [5, 5.41) is -0.537. The van der Waals surface area contributed by atoms with Crippen LogP contribution in [0.5, 0.6) is 0 Å². The molecular weight excluding hydrogens is 224 g/mol. The lowest BCUT2D eigenvalue weighted by atomic mass is 9.75. The van der Waals surface area contributed by atoms with Gasteiger partial charge in [-0.05, 0) is 37.5 Å². The van der Waals surface area contributed by atoms with Crippen molar-refractivity contribution in [1.29, 1.82) is 0 Å². The minimum atomic E-state index is -0.537. The smallest absolute Gasteiger partial charge is 0.324 e. The minimum absolute atomic E-state index is 0.0671. The van der Waals surface area contributed by atoms with Crippen molar-refractivity contribution >= 4 is 17.6 Å². The van der Waals surface area contributed by atoms with Crippen LogP contribution in [0.2, 0.25) is 0 Å². The van der Waals surface area contributed by atoms with Gasteiger partial charge in [-0.15, -0.1) is 11.6 Å². The molecule has 4 atom stereocenters. The largest absolute Gasteiger partial charge is 0.461 e. The molecule has 0 bridgehead atoms. The molecule has 16 heavy (non-hydrogen) atoms. The van der Waals surface area contributed by atoms with E-state index >= 15 is 0 Å². The lowest BCUT2D eigenvalue weighted by molar-refractivity contribution is -0.155. The first kappa shape index (κ1) is 13.8. The Morgan fingerprint density at radius 1 is 1.31 bits per heavy atom. The van der Waals surface area contributed by atoms with E-state index in [0.717, 1.165) is 12.8 Å². The third-order valence-electron chi connectivity index (χ3n) is 3.55. The van der Waals surface area contributed by atoms with Crippen LogP contribution in [0.4, 0.5) is 0 Å². The molecule has 0 aromatic carbocycles. The van der Waals surface area contributed by atoms with Gasteiger partial charge in [-0.2, -0.15) is 0 Å². The zero-order chi connectivity index (χ0) is 12.3. The van der Waals surface area contributed by atoms with E-state index in [2.05, 4.69) is 20.8 Å². The number of hydrogen-bond acceptors (Lipinski definition) is 2. The summed E-state index contributed by atoms with van der Waals surface area (Å²) in [5.41, 5.74) is 0. The van der Waals surface area contributed by atoms with Crippen molar-refractivity contribution < 1.29 is 9.53 Å². The zero-order valence-corrected chi connectivity index (χ0v) is 11.5. The van der Waals surface area contributed by atoms with E-state index in [0.29, 0.717) is 17.8 Å². The van der Waals surface area contributed by atoms with Gasteiger partial charge in [-0.3, -0.25) is 4.79 Å². The molecule has 0 spiro atoms. The molecule has 0 aromatic heterocycles. The fourth-order valence-electron chi connectivity index (χ4n) is 2.49. The van der Waals surface area contributed by atoms with Gasteiger partial charge in [0, 0.05) is 0 Å². The molecule has 1 aliphatic carbocycles. The standard InChI is InChI=1S/C13H23ClO2/c1-8(2)11-6-5-9(3)7-12(11)16-13(15)10(4)14/h8-12H,5-7H2,1-4H3/t9-,10-,11+,12-/m1/s1. The Kier molecular flexibility index (Phi) is 5.10. The highest BCUT2D eigenvalue weighted by atomic mass is 35.5. The van der Waals surface area contributed by atoms with E-state index in [1.54, 1.807) is 6.92 Å². The SMILES string of the molecule is CC(C)[C@@H]1CC[C@@H](C)C[C@H]1OC(=O)[C@@H](C)Cl. The van der Waals surface area contributed by atoms with Crippen LogP contribution >= 0.6 is 11.6 Å². The Morgan fingerprint density at radius 2 is 1.94 bits per heavy atom. The molecule has 2 nitrogen and oxygen atoms in total. The van der Waals surface area contributed by atoms with Gasteiger partial charge in [0.05, 0.1) is 0 Å². The highest BCUT2D eigenvalue weighted by Crippen LogP contribution is 2.35. The number of carbonyl (C=O) groups is 1. The molecule has 0 heterocycles. The van der Waals surface area contributed by atoms with Gasteiger partial charge in [0.2, 0.25) is 0 Å². The van der Waals surface area contributed by atoms with Gasteiger partial charge in [-0.1, -0.05) is 27.2 Å². The Hall–Kier alpha value is -0.240. The van der Waals surface area contributed by atoms with E-state index in [9.17, 15) is 4.79 Å². The molecule has 0 unspecified atom stereocenters. The Balaban J connectivity index is 2.61. The predicted octanol–water partition coefficient (Wildman–Crippen LogP) is 3.62. The predicted molar refractivity (Wildman–Crippen MR) is 66.5 cm³/mol. The molecule has 0 amide bonds. The van der Waals surface area contributed by atoms with E-state index < -0.39 is 5.38 Å². The van der Waals surface area contributed by atoms with Crippen LogP contribution in [0, 0.1) is 17.8 Å². The van der Waals surface area contributed by atoms with E-state index in [1.807, 2.05) is 0 Å². The average Bonchev–Trinajstić information content (AvgIpc) is 2.16. The summed E-state index contributed by atoms with van der Waals surface area (Å²) in [5.74, 6) is 1.44. The first-order chi connectivity index (χ1) is 7.41. The second kappa shape index (κ2) is 5.90. The number of halogens is 1. The Morgan fingerprint density at radius 3 is 2.44 bits per heavy atom. The summed E-state index contributed by atoms with van der Waals surface area (Å²) < 4.78 is 5.53.